The predicted octanol–water partition coefficient (Wildman–Crippen LogP) is 0.764. The largest absolute Gasteiger partial charge is 0.480 e. The number of aliphatic carboxylic acids is 1. The van der Waals surface area contributed by atoms with E-state index in [4.69, 9.17) is 19.7 Å². The minimum absolute atomic E-state index is 0.471. The van der Waals surface area contributed by atoms with Gasteiger partial charge in [0.1, 0.15) is 6.04 Å². The number of anilines is 1. The fraction of sp³-hybridized carbons (Fsp3) is 0.462. The van der Waals surface area contributed by atoms with Gasteiger partial charge in [-0.25, -0.2) is 4.79 Å². The highest BCUT2D eigenvalue weighted by atomic mass is 16.7. The van der Waals surface area contributed by atoms with Gasteiger partial charge in [0.15, 0.2) is 5.79 Å². The van der Waals surface area contributed by atoms with E-state index in [1.165, 1.54) is 0 Å². The molecule has 1 fully saturated rings. The Morgan fingerprint density at radius 2 is 1.95 bits per heavy atom. The van der Waals surface area contributed by atoms with Gasteiger partial charge in [0, 0.05) is 11.3 Å². The third kappa shape index (κ3) is 3.04. The summed E-state index contributed by atoms with van der Waals surface area (Å²) in [5.74, 6) is -1.83. The summed E-state index contributed by atoms with van der Waals surface area (Å²) in [7, 11) is 0. The van der Waals surface area contributed by atoms with Crippen LogP contribution in [-0.4, -0.2) is 42.0 Å². The van der Waals surface area contributed by atoms with Crippen LogP contribution in [0.2, 0.25) is 0 Å². The van der Waals surface area contributed by atoms with Gasteiger partial charge in [0.05, 0.1) is 19.8 Å². The van der Waals surface area contributed by atoms with Crippen LogP contribution in [0, 0.1) is 0 Å². The van der Waals surface area contributed by atoms with Gasteiger partial charge in [-0.1, -0.05) is 12.1 Å². The molecular formula is C13H17NO5. The molecule has 19 heavy (non-hydrogen) atoms. The van der Waals surface area contributed by atoms with Crippen LogP contribution >= 0.6 is 0 Å². The van der Waals surface area contributed by atoms with E-state index in [1.54, 1.807) is 12.1 Å². The first kappa shape index (κ1) is 13.8. The number of rotatable bonds is 5. The van der Waals surface area contributed by atoms with E-state index in [1.807, 2.05) is 19.1 Å². The molecule has 0 radical (unpaired) electrons. The second-order valence-corrected chi connectivity index (χ2v) is 4.44. The third-order valence-corrected chi connectivity index (χ3v) is 3.07. The van der Waals surface area contributed by atoms with Crippen LogP contribution < -0.4 is 5.32 Å². The summed E-state index contributed by atoms with van der Waals surface area (Å²) >= 11 is 0. The van der Waals surface area contributed by atoms with Gasteiger partial charge in [0.2, 0.25) is 0 Å². The predicted molar refractivity (Wildman–Crippen MR) is 67.8 cm³/mol. The fourth-order valence-corrected chi connectivity index (χ4v) is 1.94. The second-order valence-electron chi connectivity index (χ2n) is 4.44. The van der Waals surface area contributed by atoms with E-state index >= 15 is 0 Å². The van der Waals surface area contributed by atoms with Gasteiger partial charge >= 0.3 is 5.97 Å². The van der Waals surface area contributed by atoms with Gasteiger partial charge in [-0.15, -0.1) is 0 Å². The van der Waals surface area contributed by atoms with Crippen LogP contribution in [-0.2, 0) is 20.1 Å². The summed E-state index contributed by atoms with van der Waals surface area (Å²) in [4.78, 5) is 10.8. The smallest absolute Gasteiger partial charge is 0.328 e. The highest BCUT2D eigenvalue weighted by Gasteiger charge is 2.32. The molecule has 1 atom stereocenters. The highest BCUT2D eigenvalue weighted by Crippen LogP contribution is 2.31. The Bertz CT molecular complexity index is 439. The van der Waals surface area contributed by atoms with E-state index in [0.717, 1.165) is 5.56 Å². The Balaban J connectivity index is 2.08. The molecule has 0 aliphatic carbocycles. The molecule has 0 spiro atoms. The van der Waals surface area contributed by atoms with Crippen LogP contribution in [0.4, 0.5) is 5.69 Å². The Hall–Kier alpha value is -1.63. The van der Waals surface area contributed by atoms with Crippen LogP contribution in [0.5, 0.6) is 0 Å². The van der Waals surface area contributed by atoms with Crippen molar-refractivity contribution in [3.05, 3.63) is 29.8 Å². The first-order valence-electron chi connectivity index (χ1n) is 6.04. The zero-order valence-electron chi connectivity index (χ0n) is 10.6. The number of carboxylic acid groups (broad SMARTS) is 1. The minimum atomic E-state index is -1.10. The average molecular weight is 267 g/mol. The number of hydrogen-bond donors (Lipinski definition) is 3. The van der Waals surface area contributed by atoms with Gasteiger partial charge in [-0.3, -0.25) is 0 Å². The number of ether oxygens (including phenoxy) is 2. The summed E-state index contributed by atoms with van der Waals surface area (Å²) in [5.41, 5.74) is 1.48. The number of carboxylic acids is 1. The molecule has 1 aliphatic heterocycles. The maximum Gasteiger partial charge on any atom is 0.328 e. The zero-order chi connectivity index (χ0) is 13.9. The summed E-state index contributed by atoms with van der Waals surface area (Å²) in [6, 6.07) is 6.07. The van der Waals surface area contributed by atoms with Crippen molar-refractivity contribution in [2.45, 2.75) is 18.8 Å². The summed E-state index contributed by atoms with van der Waals surface area (Å²) in [5, 5.41) is 20.5. The minimum Gasteiger partial charge on any atom is -0.480 e. The number of hydrogen-bond acceptors (Lipinski definition) is 5. The van der Waals surface area contributed by atoms with Gasteiger partial charge in [0.25, 0.3) is 0 Å². The third-order valence-electron chi connectivity index (χ3n) is 3.07. The van der Waals surface area contributed by atoms with Gasteiger partial charge < -0.3 is 25.0 Å². The molecule has 0 saturated carbocycles. The van der Waals surface area contributed by atoms with Crippen molar-refractivity contribution in [3.63, 3.8) is 0 Å². The lowest BCUT2D eigenvalue weighted by atomic mass is 10.1. The molecule has 1 aromatic rings. The van der Waals surface area contributed by atoms with Crippen LogP contribution in [0.3, 0.4) is 0 Å². The molecule has 2 rings (SSSR count). The van der Waals surface area contributed by atoms with Crippen LogP contribution in [0.1, 0.15) is 12.5 Å². The first-order valence-corrected chi connectivity index (χ1v) is 6.04. The van der Waals surface area contributed by atoms with E-state index < -0.39 is 24.4 Å². The second kappa shape index (κ2) is 5.56. The highest BCUT2D eigenvalue weighted by molar-refractivity contribution is 5.77. The zero-order valence-corrected chi connectivity index (χ0v) is 10.6. The molecule has 0 aromatic heterocycles. The maximum atomic E-state index is 10.8. The molecule has 6 heteroatoms. The molecule has 6 nitrogen and oxygen atoms in total. The van der Waals surface area contributed by atoms with Crippen molar-refractivity contribution in [2.24, 2.45) is 0 Å². The Morgan fingerprint density at radius 3 is 2.42 bits per heavy atom. The summed E-state index contributed by atoms with van der Waals surface area (Å²) < 4.78 is 11.1. The Kier molecular flexibility index (Phi) is 4.04. The molecule has 1 aliphatic rings. The van der Waals surface area contributed by atoms with Crippen LogP contribution in [0.25, 0.3) is 0 Å². The molecule has 0 amide bonds. The Morgan fingerprint density at radius 1 is 1.37 bits per heavy atom. The number of benzene rings is 1. The Labute approximate surface area is 111 Å². The average Bonchev–Trinajstić information content (AvgIpc) is 2.84. The molecule has 1 heterocycles. The van der Waals surface area contributed by atoms with Crippen molar-refractivity contribution < 1.29 is 24.5 Å². The molecule has 0 bridgehead atoms. The number of aliphatic hydroxyl groups excluding tert-OH is 1. The lowest BCUT2D eigenvalue weighted by molar-refractivity contribution is -0.149. The molecule has 104 valence electrons. The van der Waals surface area contributed by atoms with Crippen molar-refractivity contribution in [1.82, 2.24) is 0 Å². The van der Waals surface area contributed by atoms with E-state index in [0.29, 0.717) is 18.9 Å². The maximum absolute atomic E-state index is 10.8. The van der Waals surface area contributed by atoms with Gasteiger partial charge in [-0.2, -0.15) is 0 Å². The normalized spacial score (nSPS) is 19.1. The lowest BCUT2D eigenvalue weighted by Crippen LogP contribution is -2.32. The summed E-state index contributed by atoms with van der Waals surface area (Å²) in [6.07, 6.45) is 0. The quantitative estimate of drug-likeness (QED) is 0.730. The number of aliphatic hydroxyl groups is 1. The van der Waals surface area contributed by atoms with E-state index in [-0.39, 0.29) is 0 Å². The molecule has 0 unspecified atom stereocenters. The first-order chi connectivity index (χ1) is 9.05. The van der Waals surface area contributed by atoms with Crippen molar-refractivity contribution in [2.75, 3.05) is 25.1 Å². The van der Waals surface area contributed by atoms with E-state index in [9.17, 15) is 4.79 Å². The topological polar surface area (TPSA) is 88.0 Å². The lowest BCUT2D eigenvalue weighted by Gasteiger charge is -2.23. The van der Waals surface area contributed by atoms with Crippen molar-refractivity contribution >= 4 is 11.7 Å². The molecule has 3 N–H and O–H groups in total. The molecule has 1 saturated heterocycles. The molecule has 1 aromatic carbocycles. The van der Waals surface area contributed by atoms with Crippen molar-refractivity contribution in [3.8, 4) is 0 Å². The monoisotopic (exact) mass is 267 g/mol. The van der Waals surface area contributed by atoms with Gasteiger partial charge in [-0.05, 0) is 19.1 Å². The van der Waals surface area contributed by atoms with Crippen molar-refractivity contribution in [1.29, 1.82) is 0 Å². The number of nitrogens with one attached hydrogen (secondary N) is 1. The SMILES string of the molecule is CC1(c2ccc(N[C@@H](CO)C(=O)O)cc2)OCCO1. The van der Waals surface area contributed by atoms with E-state index in [2.05, 4.69) is 5.32 Å². The van der Waals surface area contributed by atoms with Crippen LogP contribution in [0.15, 0.2) is 24.3 Å². The molecular weight excluding hydrogens is 250 g/mol. The number of carbonyl (C=O) groups is 1. The fourth-order valence-electron chi connectivity index (χ4n) is 1.94. The summed E-state index contributed by atoms with van der Waals surface area (Å²) in [6.45, 7) is 2.49. The standard InChI is InChI=1S/C13H17NO5/c1-13(18-6-7-19-13)9-2-4-10(5-3-9)14-11(8-15)12(16)17/h2-5,11,14-15H,6-8H2,1H3,(H,16,17)/t11-/m0/s1.